The van der Waals surface area contributed by atoms with Crippen LogP contribution in [0.25, 0.3) is 0 Å². The fraction of sp³-hybridized carbons (Fsp3) is 0.294. The molecule has 0 saturated heterocycles. The second kappa shape index (κ2) is 5.95. The van der Waals surface area contributed by atoms with Crippen molar-refractivity contribution in [3.8, 4) is 0 Å². The van der Waals surface area contributed by atoms with Gasteiger partial charge in [0.05, 0.1) is 5.56 Å². The van der Waals surface area contributed by atoms with Crippen LogP contribution >= 0.6 is 0 Å². The van der Waals surface area contributed by atoms with Crippen molar-refractivity contribution in [1.29, 1.82) is 0 Å². The fourth-order valence-corrected chi connectivity index (χ4v) is 2.83. The lowest BCUT2D eigenvalue weighted by molar-refractivity contribution is 0.0746. The topological polar surface area (TPSA) is 45.2 Å². The number of hydrogen-bond acceptors (Lipinski definition) is 3. The number of pyridine rings is 1. The predicted molar refractivity (Wildman–Crippen MR) is 83.3 cm³/mol. The number of hydrogen-bond donors (Lipinski definition) is 1. The number of carbonyl (C=O) groups excluding carboxylic acids is 1. The second-order valence-electron chi connectivity index (χ2n) is 5.27. The van der Waals surface area contributed by atoms with Crippen molar-refractivity contribution in [3.05, 3.63) is 59.4 Å². The van der Waals surface area contributed by atoms with Gasteiger partial charge in [0.25, 0.3) is 5.91 Å². The summed E-state index contributed by atoms with van der Waals surface area (Å²) in [5, 5.41) is 3.06. The summed E-state index contributed by atoms with van der Waals surface area (Å²) in [4.78, 5) is 18.8. The molecule has 1 amide bonds. The summed E-state index contributed by atoms with van der Waals surface area (Å²) in [6, 6.07) is 10.2. The number of anilines is 1. The minimum Gasteiger partial charge on any atom is -0.387 e. The first-order chi connectivity index (χ1) is 10.3. The highest BCUT2D eigenvalue weighted by molar-refractivity contribution is 5.99. The van der Waals surface area contributed by atoms with Gasteiger partial charge < -0.3 is 10.2 Å². The first kappa shape index (κ1) is 13.6. The highest BCUT2D eigenvalue weighted by Crippen LogP contribution is 2.22. The van der Waals surface area contributed by atoms with E-state index in [9.17, 15) is 4.79 Å². The van der Waals surface area contributed by atoms with Crippen molar-refractivity contribution < 1.29 is 4.79 Å². The van der Waals surface area contributed by atoms with Gasteiger partial charge in [-0.1, -0.05) is 24.3 Å². The van der Waals surface area contributed by atoms with E-state index in [2.05, 4.69) is 28.5 Å². The van der Waals surface area contributed by atoms with Crippen molar-refractivity contribution in [2.24, 2.45) is 0 Å². The fourth-order valence-electron chi connectivity index (χ4n) is 2.83. The molecule has 0 atom stereocenters. The lowest BCUT2D eigenvalue weighted by Crippen LogP contribution is -2.31. The standard InChI is InChI=1S/C17H19N3O/c1-18-16-8-9-19-11-15(16)17(21)20-10-4-7-13-5-2-3-6-14(13)12-20/h2-3,5-6,8-9,11H,4,7,10,12H2,1H3,(H,18,19). The van der Waals surface area contributed by atoms with Crippen molar-refractivity contribution in [1.82, 2.24) is 9.88 Å². The summed E-state index contributed by atoms with van der Waals surface area (Å²) in [6.45, 7) is 1.46. The van der Waals surface area contributed by atoms with Crippen molar-refractivity contribution >= 4 is 11.6 Å². The second-order valence-corrected chi connectivity index (χ2v) is 5.27. The Kier molecular flexibility index (Phi) is 3.86. The van der Waals surface area contributed by atoms with E-state index >= 15 is 0 Å². The molecule has 0 bridgehead atoms. The smallest absolute Gasteiger partial charge is 0.257 e. The summed E-state index contributed by atoms with van der Waals surface area (Å²) >= 11 is 0. The van der Waals surface area contributed by atoms with Crippen LogP contribution in [0, 0.1) is 0 Å². The van der Waals surface area contributed by atoms with E-state index in [1.165, 1.54) is 11.1 Å². The van der Waals surface area contributed by atoms with Crippen molar-refractivity contribution in [2.75, 3.05) is 18.9 Å². The summed E-state index contributed by atoms with van der Waals surface area (Å²) in [6.07, 6.45) is 5.37. The number of nitrogens with zero attached hydrogens (tertiary/aromatic N) is 2. The zero-order chi connectivity index (χ0) is 14.7. The van der Waals surface area contributed by atoms with Gasteiger partial charge in [0.1, 0.15) is 0 Å². The lowest BCUT2D eigenvalue weighted by atomic mass is 10.0. The summed E-state index contributed by atoms with van der Waals surface area (Å²) in [7, 11) is 1.82. The molecule has 108 valence electrons. The normalized spacial score (nSPS) is 14.2. The van der Waals surface area contributed by atoms with E-state index in [0.717, 1.165) is 25.1 Å². The van der Waals surface area contributed by atoms with Crippen LogP contribution < -0.4 is 5.32 Å². The van der Waals surface area contributed by atoms with Gasteiger partial charge in [0, 0.05) is 38.2 Å². The number of rotatable bonds is 2. The van der Waals surface area contributed by atoms with Gasteiger partial charge in [0.2, 0.25) is 0 Å². The first-order valence-electron chi connectivity index (χ1n) is 7.27. The molecule has 0 spiro atoms. The van der Waals surface area contributed by atoms with Crippen LogP contribution in [0.3, 0.4) is 0 Å². The molecule has 0 unspecified atom stereocenters. The Labute approximate surface area is 124 Å². The Morgan fingerprint density at radius 2 is 2.05 bits per heavy atom. The molecule has 3 rings (SSSR count). The number of amides is 1. The number of aryl methyl sites for hydroxylation is 1. The molecule has 21 heavy (non-hydrogen) atoms. The Balaban J connectivity index is 1.88. The van der Waals surface area contributed by atoms with Crippen LogP contribution in [-0.4, -0.2) is 29.4 Å². The van der Waals surface area contributed by atoms with Crippen LogP contribution in [0.2, 0.25) is 0 Å². The number of aromatic nitrogens is 1. The number of fused-ring (bicyclic) bond motifs is 1. The monoisotopic (exact) mass is 281 g/mol. The van der Waals surface area contributed by atoms with E-state index in [1.807, 2.05) is 24.1 Å². The third-order valence-electron chi connectivity index (χ3n) is 3.96. The molecular formula is C17H19N3O. The summed E-state index contributed by atoms with van der Waals surface area (Å²) < 4.78 is 0. The van der Waals surface area contributed by atoms with E-state index in [1.54, 1.807) is 12.4 Å². The average Bonchev–Trinajstić information content (AvgIpc) is 2.76. The zero-order valence-electron chi connectivity index (χ0n) is 12.2. The average molecular weight is 281 g/mol. The maximum Gasteiger partial charge on any atom is 0.257 e. The van der Waals surface area contributed by atoms with Gasteiger partial charge in [-0.15, -0.1) is 0 Å². The van der Waals surface area contributed by atoms with Gasteiger partial charge in [-0.3, -0.25) is 9.78 Å². The number of nitrogens with one attached hydrogen (secondary N) is 1. The molecule has 2 heterocycles. The van der Waals surface area contributed by atoms with E-state index in [4.69, 9.17) is 0 Å². The molecule has 1 N–H and O–H groups in total. The molecule has 2 aromatic rings. The Hall–Kier alpha value is -2.36. The molecule has 0 saturated carbocycles. The number of carbonyl (C=O) groups is 1. The Bertz CT molecular complexity index is 654. The van der Waals surface area contributed by atoms with Crippen molar-refractivity contribution in [3.63, 3.8) is 0 Å². The molecule has 1 aliphatic rings. The van der Waals surface area contributed by atoms with E-state index in [0.29, 0.717) is 12.1 Å². The predicted octanol–water partition coefficient (Wildman–Crippen LogP) is 2.71. The quantitative estimate of drug-likeness (QED) is 0.920. The SMILES string of the molecule is CNc1ccncc1C(=O)N1CCCc2ccccc2C1. The molecule has 4 heteroatoms. The molecule has 0 radical (unpaired) electrons. The van der Waals surface area contributed by atoms with E-state index < -0.39 is 0 Å². The van der Waals surface area contributed by atoms with Gasteiger partial charge >= 0.3 is 0 Å². The number of benzene rings is 1. The molecular weight excluding hydrogens is 262 g/mol. The first-order valence-corrected chi connectivity index (χ1v) is 7.27. The molecule has 1 aromatic heterocycles. The lowest BCUT2D eigenvalue weighted by Gasteiger charge is -2.22. The highest BCUT2D eigenvalue weighted by atomic mass is 16.2. The maximum atomic E-state index is 12.8. The Morgan fingerprint density at radius 3 is 2.86 bits per heavy atom. The molecule has 1 aromatic carbocycles. The maximum absolute atomic E-state index is 12.8. The van der Waals surface area contributed by atoms with Crippen LogP contribution in [-0.2, 0) is 13.0 Å². The molecule has 4 nitrogen and oxygen atoms in total. The minimum absolute atomic E-state index is 0.0455. The van der Waals surface area contributed by atoms with Crippen LogP contribution in [0.15, 0.2) is 42.7 Å². The zero-order valence-corrected chi connectivity index (χ0v) is 12.2. The molecule has 0 fully saturated rings. The summed E-state index contributed by atoms with van der Waals surface area (Å²) in [5.41, 5.74) is 4.07. The Morgan fingerprint density at radius 1 is 1.24 bits per heavy atom. The van der Waals surface area contributed by atoms with Gasteiger partial charge in [-0.25, -0.2) is 0 Å². The van der Waals surface area contributed by atoms with Crippen LogP contribution in [0.4, 0.5) is 5.69 Å². The van der Waals surface area contributed by atoms with Gasteiger partial charge in [-0.2, -0.15) is 0 Å². The summed E-state index contributed by atoms with van der Waals surface area (Å²) in [5.74, 6) is 0.0455. The minimum atomic E-state index is 0.0455. The third kappa shape index (κ3) is 2.75. The van der Waals surface area contributed by atoms with Crippen LogP contribution in [0.1, 0.15) is 27.9 Å². The highest BCUT2D eigenvalue weighted by Gasteiger charge is 2.21. The largest absolute Gasteiger partial charge is 0.387 e. The molecule has 0 aliphatic carbocycles. The van der Waals surface area contributed by atoms with E-state index in [-0.39, 0.29) is 5.91 Å². The van der Waals surface area contributed by atoms with Gasteiger partial charge in [-0.05, 0) is 30.0 Å². The molecule has 1 aliphatic heterocycles. The van der Waals surface area contributed by atoms with Gasteiger partial charge in [0.15, 0.2) is 0 Å². The van der Waals surface area contributed by atoms with Crippen LogP contribution in [0.5, 0.6) is 0 Å². The van der Waals surface area contributed by atoms with Crippen molar-refractivity contribution in [2.45, 2.75) is 19.4 Å². The third-order valence-corrected chi connectivity index (χ3v) is 3.96.